The number of benzene rings is 3. The number of carbonyl (C=O) groups excluding carboxylic acids is 1. The molecule has 0 heterocycles. The number of unbranched alkanes of at least 4 members (excludes halogenated alkanes) is 6. The van der Waals surface area contributed by atoms with Crippen molar-refractivity contribution in [3.8, 4) is 28.0 Å². The molecule has 0 aliphatic carbocycles. The molecule has 3 aromatic carbocycles. The van der Waals surface area contributed by atoms with E-state index >= 15 is 4.39 Å². The lowest BCUT2D eigenvalue weighted by Crippen LogP contribution is -2.10. The van der Waals surface area contributed by atoms with Gasteiger partial charge in [-0.15, -0.1) is 0 Å². The summed E-state index contributed by atoms with van der Waals surface area (Å²) in [5.74, 6) is -2.21. The maximum absolute atomic E-state index is 15.9. The highest BCUT2D eigenvalue weighted by molar-refractivity contribution is 5.95. The van der Waals surface area contributed by atoms with Crippen molar-refractivity contribution in [2.24, 2.45) is 0 Å². The van der Waals surface area contributed by atoms with Crippen molar-refractivity contribution in [1.29, 1.82) is 0 Å². The van der Waals surface area contributed by atoms with Crippen LogP contribution >= 0.6 is 0 Å². The van der Waals surface area contributed by atoms with Crippen LogP contribution in [0.25, 0.3) is 22.3 Å². The van der Waals surface area contributed by atoms with E-state index in [2.05, 4.69) is 6.92 Å². The molecule has 0 amide bonds. The molecule has 0 spiro atoms. The quantitative estimate of drug-likeness (QED) is 0.116. The third kappa shape index (κ3) is 8.12. The average molecular weight is 511 g/mol. The lowest BCUT2D eigenvalue weighted by atomic mass is 9.92. The molecule has 3 rings (SSSR count). The highest BCUT2D eigenvalue weighted by Gasteiger charge is 2.23. The Balaban J connectivity index is 1.82. The number of ether oxygens (including phenoxy) is 1. The molecule has 0 saturated heterocycles. The number of hydrogen-bond donors (Lipinski definition) is 0. The van der Waals surface area contributed by atoms with Gasteiger partial charge in [0.05, 0.1) is 18.8 Å². The summed E-state index contributed by atoms with van der Waals surface area (Å²) in [4.78, 5) is 22.6. The van der Waals surface area contributed by atoms with Gasteiger partial charge >= 0.3 is 5.97 Å². The second-order valence-corrected chi connectivity index (χ2v) is 9.02. The van der Waals surface area contributed by atoms with E-state index in [9.17, 15) is 9.18 Å². The van der Waals surface area contributed by atoms with Gasteiger partial charge in [0, 0.05) is 5.56 Å². The number of halogens is 2. The third-order valence-electron chi connectivity index (χ3n) is 6.14. The summed E-state index contributed by atoms with van der Waals surface area (Å²) in [5.41, 5.74) is 1.39. The van der Waals surface area contributed by atoms with Crippen molar-refractivity contribution >= 4 is 5.97 Å². The van der Waals surface area contributed by atoms with Gasteiger partial charge in [0.1, 0.15) is 5.82 Å². The minimum absolute atomic E-state index is 0.107. The summed E-state index contributed by atoms with van der Waals surface area (Å²) in [5, 5.41) is 0. The molecule has 4 nitrogen and oxygen atoms in total. The summed E-state index contributed by atoms with van der Waals surface area (Å²) in [6, 6.07) is 16.5. The maximum Gasteiger partial charge on any atom is 0.376 e. The van der Waals surface area contributed by atoms with Crippen LogP contribution in [0.1, 0.15) is 75.6 Å². The summed E-state index contributed by atoms with van der Waals surface area (Å²) in [7, 11) is 0. The van der Waals surface area contributed by atoms with Crippen LogP contribution < -0.4 is 4.74 Å². The summed E-state index contributed by atoms with van der Waals surface area (Å²) < 4.78 is 36.2. The number of carbonyl (C=O) groups is 1. The number of hydrogen-bond acceptors (Lipinski definition) is 4. The molecule has 0 aliphatic heterocycles. The van der Waals surface area contributed by atoms with Crippen LogP contribution in [0.3, 0.4) is 0 Å². The smallest absolute Gasteiger partial charge is 0.376 e. The molecule has 0 unspecified atom stereocenters. The second-order valence-electron chi connectivity index (χ2n) is 9.02. The van der Waals surface area contributed by atoms with E-state index in [1.165, 1.54) is 37.5 Å². The van der Waals surface area contributed by atoms with E-state index in [0.717, 1.165) is 37.7 Å². The van der Waals surface area contributed by atoms with Crippen LogP contribution in [0, 0.1) is 11.6 Å². The molecule has 0 fully saturated rings. The maximum atomic E-state index is 15.9. The Morgan fingerprint density at radius 2 is 1.49 bits per heavy atom. The zero-order valence-electron chi connectivity index (χ0n) is 21.7. The summed E-state index contributed by atoms with van der Waals surface area (Å²) in [6.07, 6.45) is 8.11. The van der Waals surface area contributed by atoms with Crippen molar-refractivity contribution in [3.05, 3.63) is 77.9 Å². The van der Waals surface area contributed by atoms with Gasteiger partial charge in [-0.1, -0.05) is 94.8 Å². The van der Waals surface area contributed by atoms with Gasteiger partial charge in [-0.2, -0.15) is 4.89 Å². The first-order chi connectivity index (χ1) is 18.1. The van der Waals surface area contributed by atoms with Crippen molar-refractivity contribution in [1.82, 2.24) is 0 Å². The zero-order chi connectivity index (χ0) is 26.5. The lowest BCUT2D eigenvalue weighted by Gasteiger charge is -2.15. The van der Waals surface area contributed by atoms with Crippen LogP contribution in [0.5, 0.6) is 5.75 Å². The molecule has 0 N–H and O–H groups in total. The molecule has 198 valence electrons. The van der Waals surface area contributed by atoms with Gasteiger partial charge in [-0.25, -0.2) is 13.6 Å². The SMILES string of the molecule is CCCCCCCCOOC(=O)c1ccc(-c2ccccc2)c(-c2ccc(OCCCC)c(F)c2)c1F. The van der Waals surface area contributed by atoms with Crippen LogP contribution in [-0.2, 0) is 9.78 Å². The molecule has 37 heavy (non-hydrogen) atoms. The van der Waals surface area contributed by atoms with E-state index in [1.54, 1.807) is 12.1 Å². The molecule has 0 bridgehead atoms. The third-order valence-corrected chi connectivity index (χ3v) is 6.14. The monoisotopic (exact) mass is 510 g/mol. The molecule has 0 saturated carbocycles. The van der Waals surface area contributed by atoms with Crippen molar-refractivity contribution in [2.75, 3.05) is 13.2 Å². The van der Waals surface area contributed by atoms with Gasteiger partial charge in [-0.05, 0) is 47.7 Å². The molecule has 6 heteroatoms. The Labute approximate surface area is 218 Å². The average Bonchev–Trinajstić information content (AvgIpc) is 2.91. The molecule has 0 aromatic heterocycles. The standard InChI is InChI=1S/C31H36F2O4/c1-3-5-7-8-9-13-21-36-37-31(34)26-18-17-25(23-14-11-10-12-15-23)29(30(26)33)24-16-19-28(27(32)22-24)35-20-6-4-2/h10-12,14-19,22H,3-9,13,20-21H2,1-2H3. The largest absolute Gasteiger partial charge is 0.491 e. The van der Waals surface area contributed by atoms with Crippen LogP contribution in [0.2, 0.25) is 0 Å². The fraction of sp³-hybridized carbons (Fsp3) is 0.387. The molecular formula is C31H36F2O4. The Morgan fingerprint density at radius 1 is 0.757 bits per heavy atom. The minimum Gasteiger partial charge on any atom is -0.491 e. The van der Waals surface area contributed by atoms with Gasteiger partial charge in [0.15, 0.2) is 11.6 Å². The van der Waals surface area contributed by atoms with E-state index in [4.69, 9.17) is 14.5 Å². The van der Waals surface area contributed by atoms with Crippen molar-refractivity contribution in [3.63, 3.8) is 0 Å². The summed E-state index contributed by atoms with van der Waals surface area (Å²) >= 11 is 0. The lowest BCUT2D eigenvalue weighted by molar-refractivity contribution is -0.241. The topological polar surface area (TPSA) is 44.8 Å². The molecular weight excluding hydrogens is 474 g/mol. The molecule has 3 aromatic rings. The Kier molecular flexibility index (Phi) is 11.6. The first kappa shape index (κ1) is 28.3. The Hall–Kier alpha value is -3.25. The van der Waals surface area contributed by atoms with E-state index in [-0.39, 0.29) is 23.5 Å². The summed E-state index contributed by atoms with van der Waals surface area (Å²) in [6.45, 7) is 4.83. The molecule has 0 aliphatic rings. The first-order valence-corrected chi connectivity index (χ1v) is 13.2. The van der Waals surface area contributed by atoms with Crippen LogP contribution in [-0.4, -0.2) is 19.2 Å². The van der Waals surface area contributed by atoms with Gasteiger partial charge < -0.3 is 4.74 Å². The first-order valence-electron chi connectivity index (χ1n) is 13.2. The van der Waals surface area contributed by atoms with Crippen LogP contribution in [0.4, 0.5) is 8.78 Å². The van der Waals surface area contributed by atoms with E-state index in [0.29, 0.717) is 17.7 Å². The van der Waals surface area contributed by atoms with Crippen molar-refractivity contribution < 1.29 is 28.1 Å². The Morgan fingerprint density at radius 3 is 2.22 bits per heavy atom. The fourth-order valence-corrected chi connectivity index (χ4v) is 4.06. The second kappa shape index (κ2) is 15.1. The van der Waals surface area contributed by atoms with E-state index in [1.807, 2.05) is 37.3 Å². The normalized spacial score (nSPS) is 10.9. The van der Waals surface area contributed by atoms with Gasteiger partial charge in [0.25, 0.3) is 0 Å². The fourth-order valence-electron chi connectivity index (χ4n) is 4.06. The minimum atomic E-state index is -0.927. The van der Waals surface area contributed by atoms with Gasteiger partial charge in [-0.3, -0.25) is 4.89 Å². The molecule has 0 atom stereocenters. The van der Waals surface area contributed by atoms with Gasteiger partial charge in [0.2, 0.25) is 0 Å². The predicted molar refractivity (Wildman–Crippen MR) is 142 cm³/mol. The highest BCUT2D eigenvalue weighted by Crippen LogP contribution is 2.37. The van der Waals surface area contributed by atoms with E-state index < -0.39 is 17.6 Å². The molecule has 0 radical (unpaired) electrons. The number of rotatable bonds is 15. The van der Waals surface area contributed by atoms with Crippen molar-refractivity contribution in [2.45, 2.75) is 65.2 Å². The highest BCUT2D eigenvalue weighted by atomic mass is 19.1. The predicted octanol–water partition coefficient (Wildman–Crippen LogP) is 8.93. The Bertz CT molecular complexity index is 1130. The zero-order valence-corrected chi connectivity index (χ0v) is 21.7. The van der Waals surface area contributed by atoms with Crippen LogP contribution in [0.15, 0.2) is 60.7 Å².